The highest BCUT2D eigenvalue weighted by molar-refractivity contribution is 8.24. The minimum atomic E-state index is -2.95. The summed E-state index contributed by atoms with van der Waals surface area (Å²) in [5.41, 5.74) is 1.55. The summed E-state index contributed by atoms with van der Waals surface area (Å²) in [5, 5.41) is 6.95. The van der Waals surface area contributed by atoms with Crippen LogP contribution in [0.2, 0.25) is 0 Å². The van der Waals surface area contributed by atoms with Gasteiger partial charge in [0, 0.05) is 31.0 Å². The van der Waals surface area contributed by atoms with Gasteiger partial charge >= 0.3 is 0 Å². The van der Waals surface area contributed by atoms with Crippen LogP contribution in [0.5, 0.6) is 0 Å². The van der Waals surface area contributed by atoms with Crippen molar-refractivity contribution in [3.8, 4) is 0 Å². The van der Waals surface area contributed by atoms with Crippen LogP contribution in [-0.4, -0.2) is 56.3 Å². The number of nitrogens with one attached hydrogen (secondary N) is 1. The quantitative estimate of drug-likeness (QED) is 0.235. The van der Waals surface area contributed by atoms with Crippen LogP contribution in [0.25, 0.3) is 0 Å². The first-order chi connectivity index (χ1) is 16.5. The third-order valence-electron chi connectivity index (χ3n) is 6.00. The zero-order valence-corrected chi connectivity index (χ0v) is 20.2. The molecule has 10 heteroatoms. The zero-order valence-electron chi connectivity index (χ0n) is 19.4. The van der Waals surface area contributed by atoms with Gasteiger partial charge in [-0.25, -0.2) is 4.98 Å². The van der Waals surface area contributed by atoms with Gasteiger partial charge in [0.2, 0.25) is 0 Å². The molecule has 0 saturated heterocycles. The number of ether oxygens (including phenoxy) is 1. The molecule has 184 valence electrons. The summed E-state index contributed by atoms with van der Waals surface area (Å²) in [6.45, 7) is 0.452. The number of benzene rings is 1. The van der Waals surface area contributed by atoms with Crippen molar-refractivity contribution < 1.29 is 23.5 Å². The van der Waals surface area contributed by atoms with Crippen LogP contribution in [0.1, 0.15) is 62.1 Å². The Morgan fingerprint density at radius 2 is 1.85 bits per heavy atom. The van der Waals surface area contributed by atoms with Gasteiger partial charge in [0.05, 0.1) is 23.0 Å². The number of aromatic nitrogens is 2. The van der Waals surface area contributed by atoms with Crippen LogP contribution in [0, 0.1) is 0 Å². The fourth-order valence-corrected chi connectivity index (χ4v) is 5.20. The van der Waals surface area contributed by atoms with Crippen LogP contribution in [0.3, 0.4) is 0 Å². The summed E-state index contributed by atoms with van der Waals surface area (Å²) < 4.78 is 26.0. The van der Waals surface area contributed by atoms with Gasteiger partial charge in [0.15, 0.2) is 11.5 Å². The molecule has 2 fully saturated rings. The van der Waals surface area contributed by atoms with E-state index < -0.39 is 16.5 Å². The van der Waals surface area contributed by atoms with Crippen molar-refractivity contribution in [1.82, 2.24) is 9.97 Å². The Hall–Kier alpha value is -2.53. The third-order valence-corrected chi connectivity index (χ3v) is 7.89. The monoisotopic (exact) mass is 488 g/mol. The number of methoxy groups -OCH3 is 1. The summed E-state index contributed by atoms with van der Waals surface area (Å²) in [7, 11) is -1.37. The van der Waals surface area contributed by atoms with Crippen molar-refractivity contribution in [2.75, 3.05) is 24.8 Å². The Morgan fingerprint density at radius 1 is 1.12 bits per heavy atom. The van der Waals surface area contributed by atoms with Gasteiger partial charge in [-0.3, -0.25) is 18.9 Å². The van der Waals surface area contributed by atoms with E-state index in [0.29, 0.717) is 35.2 Å². The summed E-state index contributed by atoms with van der Waals surface area (Å²) in [6, 6.07) is 6.52. The van der Waals surface area contributed by atoms with E-state index in [1.165, 1.54) is 0 Å². The van der Waals surface area contributed by atoms with Crippen molar-refractivity contribution in [2.24, 2.45) is 5.16 Å². The highest BCUT2D eigenvalue weighted by atomic mass is 32.3. The average Bonchev–Trinajstić information content (AvgIpc) is 3.55. The van der Waals surface area contributed by atoms with E-state index >= 15 is 0 Å². The fraction of sp³-hybridized carbons (Fsp3) is 0.500. The molecule has 1 heterocycles. The Balaban J connectivity index is 1.50. The number of carbonyl (C=O) groups excluding carboxylic acids is 1. The SMILES string of the molecule is COCCCS(O)(O)c1ccc(/C(=N\OC2CCCC2)C(=O)Nc2cnc(C3CC3)cn2)cc1. The molecule has 1 aromatic carbocycles. The number of nitrogens with zero attached hydrogens (tertiary/aromatic N) is 3. The lowest BCUT2D eigenvalue weighted by atomic mass is 10.1. The summed E-state index contributed by atoms with van der Waals surface area (Å²) in [4.78, 5) is 27.9. The minimum Gasteiger partial charge on any atom is -0.392 e. The first-order valence-corrected chi connectivity index (χ1v) is 13.4. The maximum absolute atomic E-state index is 13.1. The average molecular weight is 489 g/mol. The molecule has 0 radical (unpaired) electrons. The van der Waals surface area contributed by atoms with Gasteiger partial charge < -0.3 is 14.9 Å². The van der Waals surface area contributed by atoms with E-state index in [0.717, 1.165) is 44.2 Å². The molecule has 2 aliphatic carbocycles. The second kappa shape index (κ2) is 11.3. The lowest BCUT2D eigenvalue weighted by molar-refractivity contribution is -0.110. The number of amides is 1. The van der Waals surface area contributed by atoms with E-state index in [1.54, 1.807) is 43.8 Å². The molecule has 0 atom stereocenters. The van der Waals surface area contributed by atoms with Crippen molar-refractivity contribution in [3.63, 3.8) is 0 Å². The van der Waals surface area contributed by atoms with Gasteiger partial charge in [0.25, 0.3) is 5.91 Å². The first-order valence-electron chi connectivity index (χ1n) is 11.7. The van der Waals surface area contributed by atoms with Crippen LogP contribution in [-0.2, 0) is 14.4 Å². The maximum atomic E-state index is 13.1. The summed E-state index contributed by atoms with van der Waals surface area (Å²) in [5.74, 6) is 0.564. The second-order valence-electron chi connectivity index (χ2n) is 8.75. The van der Waals surface area contributed by atoms with E-state index in [4.69, 9.17) is 9.57 Å². The molecular formula is C24H32N4O5S. The van der Waals surface area contributed by atoms with Gasteiger partial charge in [-0.1, -0.05) is 17.3 Å². The van der Waals surface area contributed by atoms with E-state index in [-0.39, 0.29) is 17.6 Å². The molecule has 34 heavy (non-hydrogen) atoms. The predicted octanol–water partition coefficient (Wildman–Crippen LogP) is 4.80. The molecule has 9 nitrogen and oxygen atoms in total. The summed E-state index contributed by atoms with van der Waals surface area (Å²) in [6.07, 6.45) is 10.0. The van der Waals surface area contributed by atoms with Crippen molar-refractivity contribution in [1.29, 1.82) is 0 Å². The predicted molar refractivity (Wildman–Crippen MR) is 131 cm³/mol. The van der Waals surface area contributed by atoms with E-state index in [1.807, 2.05) is 0 Å². The fourth-order valence-electron chi connectivity index (χ4n) is 3.87. The molecule has 1 amide bonds. The topological polar surface area (TPSA) is 126 Å². The highest BCUT2D eigenvalue weighted by Crippen LogP contribution is 2.48. The first kappa shape index (κ1) is 24.6. The zero-order chi connectivity index (χ0) is 24.0. The van der Waals surface area contributed by atoms with Gasteiger partial charge in [-0.2, -0.15) is 10.6 Å². The number of hydrogen-bond donors (Lipinski definition) is 3. The van der Waals surface area contributed by atoms with Crippen molar-refractivity contribution >= 4 is 28.0 Å². The molecule has 0 spiro atoms. The number of carbonyl (C=O) groups is 1. The number of rotatable bonds is 11. The Kier molecular flexibility index (Phi) is 8.15. The third kappa shape index (κ3) is 6.53. The standard InChI is InChI=1S/C24H32N4O5S/c1-32-13-4-14-34(30,31)20-11-9-18(10-12-20)23(28-33-19-5-2-3-6-19)24(29)27-22-16-25-21(15-26-22)17-7-8-17/h9-12,15-17,19,30-31H,2-8,13-14H2,1H3,(H,26,27,29)/b28-23+. The van der Waals surface area contributed by atoms with Gasteiger partial charge in [-0.15, -0.1) is 0 Å². The largest absolute Gasteiger partial charge is 0.392 e. The molecule has 2 saturated carbocycles. The molecule has 1 aromatic heterocycles. The lowest BCUT2D eigenvalue weighted by Crippen LogP contribution is -2.25. The molecule has 3 N–H and O–H groups in total. The smallest absolute Gasteiger partial charge is 0.279 e. The van der Waals surface area contributed by atoms with Crippen molar-refractivity contribution in [2.45, 2.75) is 61.9 Å². The van der Waals surface area contributed by atoms with Gasteiger partial charge in [0.1, 0.15) is 6.10 Å². The van der Waals surface area contributed by atoms with Crippen LogP contribution < -0.4 is 5.32 Å². The van der Waals surface area contributed by atoms with Gasteiger partial charge in [-0.05, 0) is 57.1 Å². The van der Waals surface area contributed by atoms with Crippen LogP contribution in [0.15, 0.2) is 46.7 Å². The molecule has 0 bridgehead atoms. The highest BCUT2D eigenvalue weighted by Gasteiger charge is 2.26. The minimum absolute atomic E-state index is 0.00699. The normalized spacial score (nSPS) is 17.6. The molecule has 2 aliphatic rings. The van der Waals surface area contributed by atoms with Crippen LogP contribution in [0.4, 0.5) is 5.82 Å². The molecule has 2 aromatic rings. The maximum Gasteiger partial charge on any atom is 0.279 e. The molecule has 0 aliphatic heterocycles. The number of hydrogen-bond acceptors (Lipinski definition) is 8. The number of oxime groups is 1. The van der Waals surface area contributed by atoms with Crippen molar-refractivity contribution in [3.05, 3.63) is 47.9 Å². The Bertz CT molecular complexity index is 987. The van der Waals surface area contributed by atoms with E-state index in [2.05, 4.69) is 20.4 Å². The summed E-state index contributed by atoms with van der Waals surface area (Å²) >= 11 is 0. The van der Waals surface area contributed by atoms with Crippen LogP contribution >= 0.6 is 10.6 Å². The molecule has 0 unspecified atom stereocenters. The molecular weight excluding hydrogens is 456 g/mol. The Labute approximate surface area is 201 Å². The second-order valence-corrected chi connectivity index (χ2v) is 11.0. The molecule has 4 rings (SSSR count). The Morgan fingerprint density at radius 3 is 2.47 bits per heavy atom. The lowest BCUT2D eigenvalue weighted by Gasteiger charge is -2.32. The van der Waals surface area contributed by atoms with E-state index in [9.17, 15) is 13.9 Å². The number of anilines is 1.